The Morgan fingerprint density at radius 3 is 2.71 bits per heavy atom. The van der Waals surface area contributed by atoms with Crippen molar-refractivity contribution in [2.24, 2.45) is 0 Å². The van der Waals surface area contributed by atoms with Crippen molar-refractivity contribution in [1.29, 1.82) is 0 Å². The van der Waals surface area contributed by atoms with E-state index in [0.717, 1.165) is 10.0 Å². The second-order valence-electron chi connectivity index (χ2n) is 4.15. The summed E-state index contributed by atoms with van der Waals surface area (Å²) < 4.78 is 6.52. The minimum absolute atomic E-state index is 0.0437. The lowest BCUT2D eigenvalue weighted by Crippen LogP contribution is -2.46. The summed E-state index contributed by atoms with van der Waals surface area (Å²) in [6.45, 7) is 2.71. The summed E-state index contributed by atoms with van der Waals surface area (Å²) in [7, 11) is 0. The van der Waals surface area contributed by atoms with E-state index in [4.69, 9.17) is 4.74 Å². The maximum absolute atomic E-state index is 11.2. The number of halogens is 1. The van der Waals surface area contributed by atoms with Gasteiger partial charge in [-0.2, -0.15) is 0 Å². The lowest BCUT2D eigenvalue weighted by molar-refractivity contribution is -0.0465. The molecule has 0 spiro atoms. The predicted octanol–water partition coefficient (Wildman–Crippen LogP) is 2.89. The van der Waals surface area contributed by atoms with Gasteiger partial charge in [0.15, 0.2) is 0 Å². The van der Waals surface area contributed by atoms with Crippen LogP contribution >= 0.6 is 15.9 Å². The highest BCUT2D eigenvalue weighted by Gasteiger charge is 2.31. The number of amides is 1. The molecule has 5 heteroatoms. The highest BCUT2D eigenvalue weighted by Crippen LogP contribution is 2.27. The van der Waals surface area contributed by atoms with Crippen molar-refractivity contribution in [2.45, 2.75) is 19.1 Å². The Morgan fingerprint density at radius 2 is 2.12 bits per heavy atom. The number of benzene rings is 1. The van der Waals surface area contributed by atoms with Crippen LogP contribution < -0.4 is 0 Å². The number of nitrogens with zero attached hydrogens (tertiary/aromatic N) is 1. The molecule has 92 valence electrons. The summed E-state index contributed by atoms with van der Waals surface area (Å²) in [5.74, 6) is 0. The molecule has 1 aliphatic heterocycles. The third-order valence-corrected chi connectivity index (χ3v) is 3.40. The van der Waals surface area contributed by atoms with Gasteiger partial charge in [-0.15, -0.1) is 0 Å². The van der Waals surface area contributed by atoms with Crippen molar-refractivity contribution < 1.29 is 14.6 Å². The molecule has 1 heterocycles. The third kappa shape index (κ3) is 2.79. The van der Waals surface area contributed by atoms with E-state index in [1.165, 1.54) is 4.90 Å². The van der Waals surface area contributed by atoms with Crippen LogP contribution in [0.5, 0.6) is 0 Å². The van der Waals surface area contributed by atoms with Crippen LogP contribution in [0.1, 0.15) is 18.5 Å². The van der Waals surface area contributed by atoms with Crippen LogP contribution in [0.3, 0.4) is 0 Å². The topological polar surface area (TPSA) is 49.8 Å². The van der Waals surface area contributed by atoms with E-state index in [9.17, 15) is 9.90 Å². The van der Waals surface area contributed by atoms with Gasteiger partial charge in [0.2, 0.25) is 0 Å². The van der Waals surface area contributed by atoms with Gasteiger partial charge in [0.1, 0.15) is 0 Å². The van der Waals surface area contributed by atoms with Gasteiger partial charge in [0.25, 0.3) is 0 Å². The summed E-state index contributed by atoms with van der Waals surface area (Å²) in [6.07, 6.45) is -0.939. The molecule has 0 aromatic heterocycles. The summed E-state index contributed by atoms with van der Waals surface area (Å²) in [5.41, 5.74) is 0.961. The molecule has 0 aliphatic carbocycles. The van der Waals surface area contributed by atoms with Gasteiger partial charge in [-0.3, -0.25) is 4.90 Å². The molecule has 1 fully saturated rings. The Kier molecular flexibility index (Phi) is 3.69. The molecule has 0 bridgehead atoms. The number of carboxylic acid groups (broad SMARTS) is 1. The van der Waals surface area contributed by atoms with Gasteiger partial charge in [-0.1, -0.05) is 28.1 Å². The van der Waals surface area contributed by atoms with Gasteiger partial charge >= 0.3 is 6.09 Å². The van der Waals surface area contributed by atoms with Crippen molar-refractivity contribution in [3.63, 3.8) is 0 Å². The van der Waals surface area contributed by atoms with E-state index in [1.807, 2.05) is 31.2 Å². The van der Waals surface area contributed by atoms with Crippen LogP contribution in [-0.2, 0) is 4.74 Å². The standard InChI is InChI=1S/C12H14BrNO3/c1-8-6-14(12(15)16)11(7-17-8)9-2-4-10(13)5-3-9/h2-5,8,11H,6-7H2,1H3,(H,15,16)/t8-,11+/m1/s1. The number of hydrogen-bond donors (Lipinski definition) is 1. The maximum atomic E-state index is 11.2. The molecule has 1 aromatic rings. The Morgan fingerprint density at radius 1 is 1.47 bits per heavy atom. The van der Waals surface area contributed by atoms with E-state index in [0.29, 0.717) is 13.2 Å². The van der Waals surface area contributed by atoms with Gasteiger partial charge in [-0.05, 0) is 24.6 Å². The molecule has 1 amide bonds. The Hall–Kier alpha value is -1.07. The summed E-state index contributed by atoms with van der Waals surface area (Å²) in [5, 5.41) is 9.20. The first kappa shape index (κ1) is 12.4. The molecule has 1 aliphatic rings. The van der Waals surface area contributed by atoms with Crippen LogP contribution in [0.4, 0.5) is 4.79 Å². The Labute approximate surface area is 108 Å². The molecule has 4 nitrogen and oxygen atoms in total. The van der Waals surface area contributed by atoms with Crippen molar-refractivity contribution in [3.05, 3.63) is 34.3 Å². The van der Waals surface area contributed by atoms with Crippen LogP contribution in [0, 0.1) is 0 Å². The number of carbonyl (C=O) groups is 1. The highest BCUT2D eigenvalue weighted by molar-refractivity contribution is 9.10. The quantitative estimate of drug-likeness (QED) is 0.867. The molecule has 2 rings (SSSR count). The molecule has 0 unspecified atom stereocenters. The van der Waals surface area contributed by atoms with Crippen LogP contribution in [0.2, 0.25) is 0 Å². The number of ether oxygens (including phenoxy) is 1. The van der Waals surface area contributed by atoms with Crippen LogP contribution in [-0.4, -0.2) is 35.4 Å². The Balaban J connectivity index is 2.23. The monoisotopic (exact) mass is 299 g/mol. The number of rotatable bonds is 1. The van der Waals surface area contributed by atoms with E-state index in [-0.39, 0.29) is 12.1 Å². The lowest BCUT2D eigenvalue weighted by atomic mass is 10.0. The van der Waals surface area contributed by atoms with Crippen molar-refractivity contribution >= 4 is 22.0 Å². The fourth-order valence-electron chi connectivity index (χ4n) is 1.97. The first-order valence-corrected chi connectivity index (χ1v) is 6.24. The molecule has 1 aromatic carbocycles. The molecule has 1 N–H and O–H groups in total. The normalized spacial score (nSPS) is 24.7. The van der Waals surface area contributed by atoms with Crippen LogP contribution in [0.25, 0.3) is 0 Å². The molecular formula is C12H14BrNO3. The molecule has 0 radical (unpaired) electrons. The van der Waals surface area contributed by atoms with Crippen molar-refractivity contribution in [3.8, 4) is 0 Å². The second-order valence-corrected chi connectivity index (χ2v) is 5.06. The summed E-state index contributed by atoms with van der Waals surface area (Å²) >= 11 is 3.36. The first-order chi connectivity index (χ1) is 8.08. The zero-order valence-corrected chi connectivity index (χ0v) is 11.1. The molecular weight excluding hydrogens is 286 g/mol. The number of hydrogen-bond acceptors (Lipinski definition) is 2. The van der Waals surface area contributed by atoms with E-state index in [2.05, 4.69) is 15.9 Å². The summed E-state index contributed by atoms with van der Waals surface area (Å²) in [4.78, 5) is 12.7. The predicted molar refractivity (Wildman–Crippen MR) is 67.0 cm³/mol. The minimum Gasteiger partial charge on any atom is -0.465 e. The average Bonchev–Trinajstić information content (AvgIpc) is 2.30. The zero-order chi connectivity index (χ0) is 12.4. The fraction of sp³-hybridized carbons (Fsp3) is 0.417. The highest BCUT2D eigenvalue weighted by atomic mass is 79.9. The average molecular weight is 300 g/mol. The smallest absolute Gasteiger partial charge is 0.407 e. The molecule has 1 saturated heterocycles. The van der Waals surface area contributed by atoms with E-state index in [1.54, 1.807) is 0 Å². The molecule has 17 heavy (non-hydrogen) atoms. The largest absolute Gasteiger partial charge is 0.465 e. The SMILES string of the molecule is C[C@@H]1CN(C(=O)O)[C@H](c2ccc(Br)cc2)CO1. The number of morpholine rings is 1. The minimum atomic E-state index is -0.895. The summed E-state index contributed by atoms with van der Waals surface area (Å²) in [6, 6.07) is 7.45. The fourth-order valence-corrected chi connectivity index (χ4v) is 2.24. The molecule has 0 saturated carbocycles. The second kappa shape index (κ2) is 5.06. The zero-order valence-electron chi connectivity index (χ0n) is 9.47. The third-order valence-electron chi connectivity index (χ3n) is 2.87. The van der Waals surface area contributed by atoms with Crippen molar-refractivity contribution in [2.75, 3.05) is 13.2 Å². The maximum Gasteiger partial charge on any atom is 0.407 e. The Bertz CT molecular complexity index is 407. The van der Waals surface area contributed by atoms with E-state index < -0.39 is 6.09 Å². The van der Waals surface area contributed by atoms with Gasteiger partial charge in [0, 0.05) is 4.47 Å². The van der Waals surface area contributed by atoms with Gasteiger partial charge in [-0.25, -0.2) is 4.79 Å². The molecule has 2 atom stereocenters. The van der Waals surface area contributed by atoms with Crippen LogP contribution in [0.15, 0.2) is 28.7 Å². The first-order valence-electron chi connectivity index (χ1n) is 5.44. The van der Waals surface area contributed by atoms with Gasteiger partial charge in [0.05, 0.1) is 25.3 Å². The van der Waals surface area contributed by atoms with Crippen molar-refractivity contribution in [1.82, 2.24) is 4.90 Å². The van der Waals surface area contributed by atoms with E-state index >= 15 is 0 Å². The van der Waals surface area contributed by atoms with Gasteiger partial charge < -0.3 is 9.84 Å². The lowest BCUT2D eigenvalue weighted by Gasteiger charge is -2.37.